The lowest BCUT2D eigenvalue weighted by Gasteiger charge is -2.05. The summed E-state index contributed by atoms with van der Waals surface area (Å²) < 4.78 is 14.7. The Balaban J connectivity index is 2.38. The predicted molar refractivity (Wildman–Crippen MR) is 70.2 cm³/mol. The van der Waals surface area contributed by atoms with E-state index in [2.05, 4.69) is 21.2 Å². The van der Waals surface area contributed by atoms with Crippen LogP contribution in [0.5, 0.6) is 0 Å². The minimum absolute atomic E-state index is 0.162. The lowest BCUT2D eigenvalue weighted by atomic mass is 10.1. The summed E-state index contributed by atoms with van der Waals surface area (Å²) in [6.07, 6.45) is 0. The van der Waals surface area contributed by atoms with Crippen molar-refractivity contribution < 1.29 is 4.39 Å². The average Bonchev–Trinajstić information content (AvgIpc) is 2.68. The van der Waals surface area contributed by atoms with E-state index in [4.69, 9.17) is 0 Å². The highest BCUT2D eigenvalue weighted by Crippen LogP contribution is 2.32. The fourth-order valence-electron chi connectivity index (χ4n) is 1.54. The van der Waals surface area contributed by atoms with Crippen molar-refractivity contribution in [2.45, 2.75) is 6.54 Å². The molecule has 1 heterocycles. The minimum Gasteiger partial charge on any atom is -0.316 e. The first kappa shape index (κ1) is 11.8. The zero-order valence-corrected chi connectivity index (χ0v) is 11.2. The minimum atomic E-state index is -0.162. The number of hydrogen-bond donors (Lipinski definition) is 1. The first-order chi connectivity index (χ1) is 7.72. The lowest BCUT2D eigenvalue weighted by Crippen LogP contribution is -2.06. The topological polar surface area (TPSA) is 12.0 Å². The molecule has 0 radical (unpaired) electrons. The highest BCUT2D eigenvalue weighted by Gasteiger charge is 2.07. The van der Waals surface area contributed by atoms with Gasteiger partial charge in [-0.1, -0.05) is 12.1 Å². The Hall–Kier alpha value is -0.710. The Kier molecular flexibility index (Phi) is 3.74. The normalized spacial score (nSPS) is 10.7. The maximum Gasteiger partial charge on any atom is 0.128 e. The molecule has 1 aromatic carbocycles. The Morgan fingerprint density at radius 2 is 2.19 bits per heavy atom. The second-order valence-corrected chi connectivity index (χ2v) is 5.07. The summed E-state index contributed by atoms with van der Waals surface area (Å²) in [4.78, 5) is 0. The largest absolute Gasteiger partial charge is 0.316 e. The van der Waals surface area contributed by atoms with Crippen LogP contribution in [0.2, 0.25) is 0 Å². The lowest BCUT2D eigenvalue weighted by molar-refractivity contribution is 0.601. The molecule has 0 fully saturated rings. The summed E-state index contributed by atoms with van der Waals surface area (Å²) in [6.45, 7) is 0.552. The first-order valence-electron chi connectivity index (χ1n) is 4.87. The quantitative estimate of drug-likeness (QED) is 0.902. The zero-order chi connectivity index (χ0) is 11.5. The first-order valence-corrected chi connectivity index (χ1v) is 6.61. The summed E-state index contributed by atoms with van der Waals surface area (Å²) in [6, 6.07) is 5.35. The van der Waals surface area contributed by atoms with E-state index in [1.54, 1.807) is 17.4 Å². The van der Waals surface area contributed by atoms with Gasteiger partial charge in [-0.25, -0.2) is 4.39 Å². The maximum atomic E-state index is 13.7. The summed E-state index contributed by atoms with van der Waals surface area (Å²) in [5.74, 6) is -0.162. The highest BCUT2D eigenvalue weighted by molar-refractivity contribution is 9.10. The fraction of sp³-hybridized carbons (Fsp3) is 0.167. The molecule has 0 spiro atoms. The van der Waals surface area contributed by atoms with Crippen LogP contribution in [0.1, 0.15) is 5.56 Å². The number of benzene rings is 1. The van der Waals surface area contributed by atoms with Crippen LogP contribution in [0, 0.1) is 5.82 Å². The molecule has 0 aliphatic heterocycles. The Bertz CT molecular complexity index is 496. The van der Waals surface area contributed by atoms with Gasteiger partial charge in [-0.3, -0.25) is 0 Å². The Morgan fingerprint density at radius 3 is 2.75 bits per heavy atom. The SMILES string of the molecule is CNCc1ccc(-c2cscc2Br)cc1F. The van der Waals surface area contributed by atoms with Gasteiger partial charge in [0, 0.05) is 27.5 Å². The van der Waals surface area contributed by atoms with E-state index >= 15 is 0 Å². The van der Waals surface area contributed by atoms with Crippen molar-refractivity contribution in [2.75, 3.05) is 7.05 Å². The van der Waals surface area contributed by atoms with E-state index in [0.717, 1.165) is 15.6 Å². The average molecular weight is 300 g/mol. The molecular formula is C12H11BrFNS. The fourth-order valence-corrected chi connectivity index (χ4v) is 3.07. The molecule has 2 aromatic rings. The molecule has 2 rings (SSSR count). The summed E-state index contributed by atoms with van der Waals surface area (Å²) >= 11 is 5.05. The van der Waals surface area contributed by atoms with Crippen LogP contribution < -0.4 is 5.32 Å². The molecule has 1 N–H and O–H groups in total. The number of halogens is 2. The van der Waals surface area contributed by atoms with Gasteiger partial charge in [-0.05, 0) is 40.0 Å². The molecule has 84 valence electrons. The molecule has 16 heavy (non-hydrogen) atoms. The number of thiophene rings is 1. The Labute approximate surface area is 106 Å². The van der Waals surface area contributed by atoms with Crippen molar-refractivity contribution in [1.82, 2.24) is 5.32 Å². The van der Waals surface area contributed by atoms with Crippen molar-refractivity contribution in [3.63, 3.8) is 0 Å². The van der Waals surface area contributed by atoms with Crippen LogP contribution in [0.3, 0.4) is 0 Å². The van der Waals surface area contributed by atoms with Gasteiger partial charge in [0.2, 0.25) is 0 Å². The predicted octanol–water partition coefficient (Wildman–Crippen LogP) is 4.04. The molecule has 0 atom stereocenters. The number of hydrogen-bond acceptors (Lipinski definition) is 2. The monoisotopic (exact) mass is 299 g/mol. The van der Waals surface area contributed by atoms with E-state index in [1.165, 1.54) is 0 Å². The molecule has 1 nitrogen and oxygen atoms in total. The number of nitrogens with one attached hydrogen (secondary N) is 1. The maximum absolute atomic E-state index is 13.7. The van der Waals surface area contributed by atoms with Crippen LogP contribution >= 0.6 is 27.3 Å². The summed E-state index contributed by atoms with van der Waals surface area (Å²) in [5.41, 5.74) is 2.64. The van der Waals surface area contributed by atoms with E-state index in [1.807, 2.05) is 29.9 Å². The molecular weight excluding hydrogens is 289 g/mol. The van der Waals surface area contributed by atoms with Gasteiger partial charge < -0.3 is 5.32 Å². The van der Waals surface area contributed by atoms with Crippen molar-refractivity contribution >= 4 is 27.3 Å². The van der Waals surface area contributed by atoms with Crippen LogP contribution in [-0.4, -0.2) is 7.05 Å². The molecule has 4 heteroatoms. The standard InChI is InChI=1S/C12H11BrFNS/c1-15-5-9-3-2-8(4-12(9)14)10-6-16-7-11(10)13/h2-4,6-7,15H,5H2,1H3. The van der Waals surface area contributed by atoms with Crippen LogP contribution in [0.15, 0.2) is 33.4 Å². The molecule has 1 aromatic heterocycles. The van der Waals surface area contributed by atoms with Crippen molar-refractivity contribution in [2.24, 2.45) is 0 Å². The van der Waals surface area contributed by atoms with Crippen LogP contribution in [0.4, 0.5) is 4.39 Å². The summed E-state index contributed by atoms with van der Waals surface area (Å²) in [5, 5.41) is 6.95. The van der Waals surface area contributed by atoms with Gasteiger partial charge in [0.15, 0.2) is 0 Å². The van der Waals surface area contributed by atoms with E-state index < -0.39 is 0 Å². The van der Waals surface area contributed by atoms with E-state index in [9.17, 15) is 4.39 Å². The van der Waals surface area contributed by atoms with E-state index in [0.29, 0.717) is 12.1 Å². The van der Waals surface area contributed by atoms with Crippen molar-refractivity contribution in [1.29, 1.82) is 0 Å². The third-order valence-electron chi connectivity index (χ3n) is 2.35. The molecule has 0 saturated heterocycles. The smallest absolute Gasteiger partial charge is 0.128 e. The third kappa shape index (κ3) is 2.34. The second-order valence-electron chi connectivity index (χ2n) is 3.47. The van der Waals surface area contributed by atoms with Gasteiger partial charge in [-0.15, -0.1) is 0 Å². The van der Waals surface area contributed by atoms with Crippen LogP contribution in [0.25, 0.3) is 11.1 Å². The summed E-state index contributed by atoms with van der Waals surface area (Å²) in [7, 11) is 1.81. The number of rotatable bonds is 3. The van der Waals surface area contributed by atoms with Gasteiger partial charge in [0.05, 0.1) is 0 Å². The molecule has 0 aliphatic carbocycles. The Morgan fingerprint density at radius 1 is 1.38 bits per heavy atom. The van der Waals surface area contributed by atoms with Crippen LogP contribution in [-0.2, 0) is 6.54 Å². The van der Waals surface area contributed by atoms with E-state index in [-0.39, 0.29) is 5.82 Å². The molecule has 0 amide bonds. The van der Waals surface area contributed by atoms with Gasteiger partial charge in [-0.2, -0.15) is 11.3 Å². The van der Waals surface area contributed by atoms with Gasteiger partial charge >= 0.3 is 0 Å². The van der Waals surface area contributed by atoms with Crippen molar-refractivity contribution in [3.8, 4) is 11.1 Å². The van der Waals surface area contributed by atoms with Gasteiger partial charge in [0.25, 0.3) is 0 Å². The van der Waals surface area contributed by atoms with Crippen molar-refractivity contribution in [3.05, 3.63) is 44.8 Å². The molecule has 0 bridgehead atoms. The molecule has 0 unspecified atom stereocenters. The molecule has 0 saturated carbocycles. The highest BCUT2D eigenvalue weighted by atomic mass is 79.9. The van der Waals surface area contributed by atoms with Gasteiger partial charge in [0.1, 0.15) is 5.82 Å². The molecule has 0 aliphatic rings. The third-order valence-corrected chi connectivity index (χ3v) is 4.05. The zero-order valence-electron chi connectivity index (χ0n) is 8.76. The second kappa shape index (κ2) is 5.08.